The van der Waals surface area contributed by atoms with Crippen LogP contribution in [0.15, 0.2) is 27.4 Å². The number of amides is 1. The minimum Gasteiger partial charge on any atom is -0.479 e. The molecular weight excluding hydrogens is 366 g/mol. The van der Waals surface area contributed by atoms with Crippen molar-refractivity contribution in [2.24, 2.45) is 0 Å². The summed E-state index contributed by atoms with van der Waals surface area (Å²) in [5.41, 5.74) is 0.629. The molecule has 7 nitrogen and oxygen atoms in total. The number of ether oxygens (including phenoxy) is 1. The van der Waals surface area contributed by atoms with Gasteiger partial charge in [0.05, 0.1) is 5.02 Å². The Morgan fingerprint density at radius 1 is 1.32 bits per heavy atom. The highest BCUT2D eigenvalue weighted by Crippen LogP contribution is 2.31. The molecule has 3 rings (SSSR count). The first-order valence-corrected chi connectivity index (χ1v) is 8.54. The number of halogens is 1. The van der Waals surface area contributed by atoms with Gasteiger partial charge in [-0.2, -0.15) is 0 Å². The third-order valence-electron chi connectivity index (χ3n) is 3.43. The van der Waals surface area contributed by atoms with Gasteiger partial charge in [0.25, 0.3) is 5.91 Å². The van der Waals surface area contributed by atoms with E-state index in [-0.39, 0.29) is 5.75 Å². The smallest absolute Gasteiger partial charge is 0.336 e. The van der Waals surface area contributed by atoms with Crippen LogP contribution in [-0.4, -0.2) is 22.2 Å². The van der Waals surface area contributed by atoms with E-state index in [2.05, 4.69) is 15.5 Å². The maximum Gasteiger partial charge on any atom is 0.336 e. The predicted molar refractivity (Wildman–Crippen MR) is 95.6 cm³/mol. The summed E-state index contributed by atoms with van der Waals surface area (Å²) in [5, 5.41) is 12.4. The Balaban J connectivity index is 1.82. The van der Waals surface area contributed by atoms with Crippen LogP contribution in [0.3, 0.4) is 0 Å². The number of carbonyl (C=O) groups excluding carboxylic acids is 1. The Morgan fingerprint density at radius 3 is 2.76 bits per heavy atom. The summed E-state index contributed by atoms with van der Waals surface area (Å²) < 4.78 is 10.8. The zero-order valence-electron chi connectivity index (χ0n) is 13.6. The maximum absolute atomic E-state index is 12.2. The average Bonchev–Trinajstić information content (AvgIpc) is 2.94. The van der Waals surface area contributed by atoms with Crippen LogP contribution in [0.1, 0.15) is 17.5 Å². The van der Waals surface area contributed by atoms with E-state index in [4.69, 9.17) is 20.8 Å². The van der Waals surface area contributed by atoms with Gasteiger partial charge in [-0.3, -0.25) is 10.1 Å². The van der Waals surface area contributed by atoms with Gasteiger partial charge in [0.2, 0.25) is 5.13 Å². The molecule has 9 heteroatoms. The molecule has 0 spiro atoms. The monoisotopic (exact) mass is 379 g/mol. The van der Waals surface area contributed by atoms with Gasteiger partial charge in [0.15, 0.2) is 6.10 Å². The zero-order chi connectivity index (χ0) is 18.1. The van der Waals surface area contributed by atoms with Crippen molar-refractivity contribution in [3.63, 3.8) is 0 Å². The van der Waals surface area contributed by atoms with E-state index in [1.807, 2.05) is 0 Å². The molecule has 25 heavy (non-hydrogen) atoms. The van der Waals surface area contributed by atoms with Crippen LogP contribution < -0.4 is 15.7 Å². The highest BCUT2D eigenvalue weighted by molar-refractivity contribution is 7.15. The van der Waals surface area contributed by atoms with Crippen LogP contribution in [0, 0.1) is 13.8 Å². The molecule has 1 aromatic carbocycles. The molecule has 2 heterocycles. The second-order valence-electron chi connectivity index (χ2n) is 5.40. The van der Waals surface area contributed by atoms with Crippen molar-refractivity contribution in [3.8, 4) is 5.75 Å². The number of fused-ring (bicyclic) bond motifs is 1. The Hall–Kier alpha value is -2.45. The number of hydrogen-bond donors (Lipinski definition) is 1. The number of aromatic nitrogens is 2. The minimum atomic E-state index is -0.837. The van der Waals surface area contributed by atoms with Gasteiger partial charge in [-0.1, -0.05) is 22.9 Å². The summed E-state index contributed by atoms with van der Waals surface area (Å²) in [6.07, 6.45) is -0.837. The number of benzene rings is 1. The van der Waals surface area contributed by atoms with Crippen LogP contribution in [0.25, 0.3) is 11.0 Å². The molecule has 1 unspecified atom stereocenters. The second kappa shape index (κ2) is 6.81. The van der Waals surface area contributed by atoms with E-state index in [0.717, 1.165) is 10.6 Å². The number of carbonyl (C=O) groups is 1. The van der Waals surface area contributed by atoms with Gasteiger partial charge in [-0.25, -0.2) is 4.79 Å². The zero-order valence-corrected chi connectivity index (χ0v) is 15.2. The van der Waals surface area contributed by atoms with Crippen molar-refractivity contribution in [2.45, 2.75) is 26.9 Å². The van der Waals surface area contributed by atoms with Gasteiger partial charge in [0, 0.05) is 17.5 Å². The summed E-state index contributed by atoms with van der Waals surface area (Å²) in [6, 6.07) is 4.54. The van der Waals surface area contributed by atoms with Gasteiger partial charge >= 0.3 is 5.63 Å². The summed E-state index contributed by atoms with van der Waals surface area (Å²) in [5.74, 6) is -0.142. The molecule has 0 saturated carbocycles. The van der Waals surface area contributed by atoms with E-state index >= 15 is 0 Å². The molecule has 0 aliphatic heterocycles. The second-order valence-corrected chi connectivity index (χ2v) is 6.99. The predicted octanol–water partition coefficient (Wildman–Crippen LogP) is 3.32. The molecule has 1 N–H and O–H groups in total. The highest BCUT2D eigenvalue weighted by atomic mass is 35.5. The first-order chi connectivity index (χ1) is 11.8. The number of hydrogen-bond acceptors (Lipinski definition) is 7. The normalized spacial score (nSPS) is 12.2. The van der Waals surface area contributed by atoms with Crippen molar-refractivity contribution in [3.05, 3.63) is 44.2 Å². The summed E-state index contributed by atoms with van der Waals surface area (Å²) in [7, 11) is 0. The SMILES string of the molecule is Cc1nnc(NC(=O)C(C)Oc2cc3oc(=O)cc(C)c3cc2Cl)s1. The number of rotatable bonds is 4. The third-order valence-corrected chi connectivity index (χ3v) is 4.48. The number of anilines is 1. The molecule has 0 saturated heterocycles. The van der Waals surface area contributed by atoms with Crippen LogP contribution in [0.4, 0.5) is 5.13 Å². The molecule has 0 bridgehead atoms. The first kappa shape index (κ1) is 17.4. The van der Waals surface area contributed by atoms with E-state index in [9.17, 15) is 9.59 Å². The van der Waals surface area contributed by atoms with Crippen LogP contribution in [-0.2, 0) is 4.79 Å². The molecule has 3 aromatic rings. The third kappa shape index (κ3) is 3.80. The fourth-order valence-corrected chi connectivity index (χ4v) is 3.01. The lowest BCUT2D eigenvalue weighted by atomic mass is 10.1. The van der Waals surface area contributed by atoms with Crippen LogP contribution >= 0.6 is 22.9 Å². The van der Waals surface area contributed by atoms with Crippen molar-refractivity contribution in [1.82, 2.24) is 10.2 Å². The van der Waals surface area contributed by atoms with Gasteiger partial charge in [-0.15, -0.1) is 10.2 Å². The van der Waals surface area contributed by atoms with Crippen molar-refractivity contribution in [2.75, 3.05) is 5.32 Å². The minimum absolute atomic E-state index is 0.249. The number of aryl methyl sites for hydroxylation is 2. The first-order valence-electron chi connectivity index (χ1n) is 7.35. The fraction of sp³-hybridized carbons (Fsp3) is 0.250. The highest BCUT2D eigenvalue weighted by Gasteiger charge is 2.19. The fourth-order valence-electron chi connectivity index (χ4n) is 2.21. The molecule has 0 radical (unpaired) electrons. The van der Waals surface area contributed by atoms with E-state index in [1.165, 1.54) is 23.5 Å². The Morgan fingerprint density at radius 2 is 2.08 bits per heavy atom. The molecule has 0 fully saturated rings. The summed E-state index contributed by atoms with van der Waals surface area (Å²) in [6.45, 7) is 5.16. The van der Waals surface area contributed by atoms with Crippen molar-refractivity contribution < 1.29 is 13.9 Å². The number of nitrogens with one attached hydrogen (secondary N) is 1. The molecule has 1 atom stereocenters. The molecule has 0 aliphatic rings. The van der Waals surface area contributed by atoms with Gasteiger partial charge in [0.1, 0.15) is 16.3 Å². The molecule has 0 aliphatic carbocycles. The topological polar surface area (TPSA) is 94.3 Å². The average molecular weight is 380 g/mol. The maximum atomic E-state index is 12.2. The van der Waals surface area contributed by atoms with E-state index in [0.29, 0.717) is 21.1 Å². The molecule has 130 valence electrons. The standard InChI is InChI=1S/C16H14ClN3O4S/c1-7-4-14(21)24-12-6-13(11(17)5-10(7)12)23-8(2)15(22)18-16-20-19-9(3)25-16/h4-6,8H,1-3H3,(H,18,20,22). The van der Waals surface area contributed by atoms with Crippen molar-refractivity contribution in [1.29, 1.82) is 0 Å². The Kier molecular flexibility index (Phi) is 4.73. The molecular formula is C16H14ClN3O4S. The lowest BCUT2D eigenvalue weighted by Crippen LogP contribution is -2.30. The van der Waals surface area contributed by atoms with Crippen molar-refractivity contribution >= 4 is 44.9 Å². The lowest BCUT2D eigenvalue weighted by Gasteiger charge is -2.15. The Bertz CT molecular complexity index is 1010. The van der Waals surface area contributed by atoms with Gasteiger partial charge < -0.3 is 9.15 Å². The van der Waals surface area contributed by atoms with Gasteiger partial charge in [-0.05, 0) is 32.4 Å². The summed E-state index contributed by atoms with van der Waals surface area (Å²) >= 11 is 7.49. The quantitative estimate of drug-likeness (QED) is 0.699. The largest absolute Gasteiger partial charge is 0.479 e. The Labute approximate surface area is 151 Å². The van der Waals surface area contributed by atoms with E-state index < -0.39 is 17.6 Å². The molecule has 1 amide bonds. The molecule has 2 aromatic heterocycles. The lowest BCUT2D eigenvalue weighted by molar-refractivity contribution is -0.122. The summed E-state index contributed by atoms with van der Waals surface area (Å²) in [4.78, 5) is 23.7. The van der Waals surface area contributed by atoms with Crippen LogP contribution in [0.2, 0.25) is 5.02 Å². The van der Waals surface area contributed by atoms with Crippen LogP contribution in [0.5, 0.6) is 5.75 Å². The number of nitrogens with zero attached hydrogens (tertiary/aromatic N) is 2. The van der Waals surface area contributed by atoms with E-state index in [1.54, 1.807) is 26.8 Å².